The Morgan fingerprint density at radius 3 is 2.56 bits per heavy atom. The van der Waals surface area contributed by atoms with Crippen LogP contribution in [0.4, 0.5) is 10.6 Å². The quantitative estimate of drug-likeness (QED) is 0.751. The summed E-state index contributed by atoms with van der Waals surface area (Å²) in [5.74, 6) is 0.863. The number of hydrazine groups is 1. The summed E-state index contributed by atoms with van der Waals surface area (Å²) >= 11 is 0. The van der Waals surface area contributed by atoms with Crippen LogP contribution in [0.25, 0.3) is 0 Å². The van der Waals surface area contributed by atoms with Gasteiger partial charge in [-0.1, -0.05) is 6.07 Å². The number of aromatic nitrogens is 1. The molecule has 0 aromatic carbocycles. The van der Waals surface area contributed by atoms with Gasteiger partial charge in [-0.25, -0.2) is 15.2 Å². The average Bonchev–Trinajstić information content (AvgIpc) is 2.66. The maximum Gasteiger partial charge on any atom is 0.340 e. The third-order valence-corrected chi connectivity index (χ3v) is 4.76. The average molecular weight is 346 g/mol. The summed E-state index contributed by atoms with van der Waals surface area (Å²) in [5.41, 5.74) is 2.88. The second-order valence-corrected chi connectivity index (χ2v) is 6.45. The topological polar surface area (TPSA) is 72.0 Å². The summed E-state index contributed by atoms with van der Waals surface area (Å²) in [7, 11) is 1.53. The van der Waals surface area contributed by atoms with E-state index in [2.05, 4.69) is 26.3 Å². The van der Waals surface area contributed by atoms with Gasteiger partial charge in [-0.15, -0.1) is 0 Å². The molecule has 2 saturated heterocycles. The van der Waals surface area contributed by atoms with Gasteiger partial charge in [0.25, 0.3) is 0 Å². The first-order valence-corrected chi connectivity index (χ1v) is 8.85. The molecule has 8 nitrogen and oxygen atoms in total. The van der Waals surface area contributed by atoms with E-state index in [1.807, 2.05) is 18.3 Å². The van der Waals surface area contributed by atoms with Crippen molar-refractivity contribution in [2.75, 3.05) is 57.8 Å². The van der Waals surface area contributed by atoms with Gasteiger partial charge in [-0.05, 0) is 31.5 Å². The van der Waals surface area contributed by atoms with Crippen LogP contribution in [0.15, 0.2) is 24.4 Å². The van der Waals surface area contributed by atoms with Gasteiger partial charge in [0.05, 0.1) is 6.54 Å². The molecule has 2 aliphatic heterocycles. The number of hydrogen-bond acceptors (Lipinski definition) is 6. The highest BCUT2D eigenvalue weighted by Gasteiger charge is 2.28. The van der Waals surface area contributed by atoms with Crippen LogP contribution < -0.4 is 10.3 Å². The number of imide groups is 1. The second-order valence-electron chi connectivity index (χ2n) is 6.45. The summed E-state index contributed by atoms with van der Waals surface area (Å²) in [4.78, 5) is 33.7. The van der Waals surface area contributed by atoms with Gasteiger partial charge in [0.1, 0.15) is 5.82 Å². The molecule has 0 atom stereocenters. The monoisotopic (exact) mass is 346 g/mol. The lowest BCUT2D eigenvalue weighted by Gasteiger charge is -2.35. The number of hydrogen-bond donors (Lipinski definition) is 1. The van der Waals surface area contributed by atoms with Gasteiger partial charge < -0.3 is 4.90 Å². The molecule has 1 aromatic rings. The molecule has 25 heavy (non-hydrogen) atoms. The predicted octanol–water partition coefficient (Wildman–Crippen LogP) is 0.382. The minimum Gasteiger partial charge on any atom is -0.354 e. The van der Waals surface area contributed by atoms with Crippen LogP contribution in [0.1, 0.15) is 12.8 Å². The van der Waals surface area contributed by atoms with Crippen LogP contribution in [0.2, 0.25) is 0 Å². The number of rotatable bonds is 6. The minimum absolute atomic E-state index is 0.188. The van der Waals surface area contributed by atoms with Crippen LogP contribution in [-0.2, 0) is 4.79 Å². The number of piperazine rings is 1. The molecular weight excluding hydrogens is 320 g/mol. The molecule has 2 fully saturated rings. The van der Waals surface area contributed by atoms with Gasteiger partial charge >= 0.3 is 6.03 Å². The van der Waals surface area contributed by atoms with E-state index in [1.54, 1.807) is 5.01 Å². The standard InChI is InChI=1S/C17H26N6O2/c1-20-16(24)14-19-23(17(20)25)9-5-4-8-21-10-12-22(13-11-21)15-6-2-3-7-18-15/h2-3,6-7,19H,4-5,8-14H2,1H3. The molecule has 0 radical (unpaired) electrons. The van der Waals surface area contributed by atoms with Crippen LogP contribution in [0, 0.1) is 0 Å². The summed E-state index contributed by atoms with van der Waals surface area (Å²) in [6.07, 6.45) is 3.79. The number of likely N-dealkylation sites (N-methyl/N-ethyl adjacent to an activating group) is 1. The molecule has 3 rings (SSSR count). The van der Waals surface area contributed by atoms with Crippen molar-refractivity contribution in [3.05, 3.63) is 24.4 Å². The van der Waals surface area contributed by atoms with Crippen molar-refractivity contribution >= 4 is 17.8 Å². The van der Waals surface area contributed by atoms with E-state index >= 15 is 0 Å². The van der Waals surface area contributed by atoms with Gasteiger partial charge in [0.15, 0.2) is 0 Å². The zero-order chi connectivity index (χ0) is 17.6. The summed E-state index contributed by atoms with van der Waals surface area (Å²) in [5, 5.41) is 1.54. The van der Waals surface area contributed by atoms with E-state index in [-0.39, 0.29) is 18.5 Å². The van der Waals surface area contributed by atoms with Crippen LogP contribution in [0.3, 0.4) is 0 Å². The zero-order valence-corrected chi connectivity index (χ0v) is 14.7. The van der Waals surface area contributed by atoms with Gasteiger partial charge in [-0.3, -0.25) is 19.6 Å². The van der Waals surface area contributed by atoms with Gasteiger partial charge in [0, 0.05) is 46.0 Å². The van der Waals surface area contributed by atoms with Crippen molar-refractivity contribution in [3.8, 4) is 0 Å². The summed E-state index contributed by atoms with van der Waals surface area (Å²) in [6, 6.07) is 5.76. The number of anilines is 1. The molecule has 136 valence electrons. The first-order valence-electron chi connectivity index (χ1n) is 8.85. The van der Waals surface area contributed by atoms with Crippen LogP contribution >= 0.6 is 0 Å². The molecule has 8 heteroatoms. The van der Waals surface area contributed by atoms with E-state index in [9.17, 15) is 9.59 Å². The SMILES string of the molecule is CN1C(=O)CNN(CCCCN2CCN(c3ccccn3)CC2)C1=O. The number of urea groups is 1. The predicted molar refractivity (Wildman–Crippen MR) is 95.0 cm³/mol. The van der Waals surface area contributed by atoms with E-state index in [1.165, 1.54) is 11.9 Å². The molecule has 3 heterocycles. The smallest absolute Gasteiger partial charge is 0.340 e. The number of nitrogens with one attached hydrogen (secondary N) is 1. The van der Waals surface area contributed by atoms with Gasteiger partial charge in [-0.2, -0.15) is 0 Å². The number of nitrogens with zero attached hydrogens (tertiary/aromatic N) is 5. The molecule has 0 unspecified atom stereocenters. The Morgan fingerprint density at radius 1 is 1.08 bits per heavy atom. The minimum atomic E-state index is -0.264. The lowest BCUT2D eigenvalue weighted by molar-refractivity contribution is -0.130. The Labute approximate surface area is 148 Å². The lowest BCUT2D eigenvalue weighted by atomic mass is 10.2. The molecule has 0 saturated carbocycles. The number of unbranched alkanes of at least 4 members (excludes halogenated alkanes) is 1. The van der Waals surface area contributed by atoms with Crippen LogP contribution in [0.5, 0.6) is 0 Å². The Kier molecular flexibility index (Phi) is 5.83. The Bertz CT molecular complexity index is 588. The highest BCUT2D eigenvalue weighted by Crippen LogP contribution is 2.13. The van der Waals surface area contributed by atoms with E-state index < -0.39 is 0 Å². The van der Waals surface area contributed by atoms with Crippen molar-refractivity contribution in [1.29, 1.82) is 0 Å². The molecule has 1 N–H and O–H groups in total. The zero-order valence-electron chi connectivity index (χ0n) is 14.7. The third-order valence-electron chi connectivity index (χ3n) is 4.76. The maximum absolute atomic E-state index is 11.9. The Balaban J connectivity index is 1.33. The normalized spacial score (nSPS) is 19.6. The molecule has 2 aliphatic rings. The first kappa shape index (κ1) is 17.6. The van der Waals surface area contributed by atoms with Gasteiger partial charge in [0.2, 0.25) is 5.91 Å². The van der Waals surface area contributed by atoms with Crippen molar-refractivity contribution in [2.24, 2.45) is 0 Å². The molecular formula is C17H26N6O2. The first-order chi connectivity index (χ1) is 12.1. The van der Waals surface area contributed by atoms with Crippen molar-refractivity contribution in [1.82, 2.24) is 25.2 Å². The molecule has 3 amide bonds. The molecule has 0 bridgehead atoms. The van der Waals surface area contributed by atoms with Crippen molar-refractivity contribution < 1.29 is 9.59 Å². The highest BCUT2D eigenvalue weighted by molar-refractivity contribution is 5.96. The van der Waals surface area contributed by atoms with E-state index in [0.717, 1.165) is 51.4 Å². The Morgan fingerprint density at radius 2 is 1.84 bits per heavy atom. The second kappa shape index (κ2) is 8.26. The fourth-order valence-electron chi connectivity index (χ4n) is 3.16. The maximum atomic E-state index is 11.9. The van der Waals surface area contributed by atoms with Crippen molar-refractivity contribution in [3.63, 3.8) is 0 Å². The highest BCUT2D eigenvalue weighted by atomic mass is 16.2. The number of carbonyl (C=O) groups excluding carboxylic acids is 2. The fourth-order valence-corrected chi connectivity index (χ4v) is 3.16. The number of amides is 3. The van der Waals surface area contributed by atoms with Crippen molar-refractivity contribution in [2.45, 2.75) is 12.8 Å². The van der Waals surface area contributed by atoms with E-state index in [0.29, 0.717) is 6.54 Å². The fraction of sp³-hybridized carbons (Fsp3) is 0.588. The molecule has 0 spiro atoms. The largest absolute Gasteiger partial charge is 0.354 e. The third kappa shape index (κ3) is 4.46. The lowest BCUT2D eigenvalue weighted by Crippen LogP contribution is -2.59. The number of pyridine rings is 1. The van der Waals surface area contributed by atoms with E-state index in [4.69, 9.17) is 0 Å². The molecule has 0 aliphatic carbocycles. The van der Waals surface area contributed by atoms with Crippen LogP contribution in [-0.4, -0.2) is 84.6 Å². The summed E-state index contributed by atoms with van der Waals surface area (Å²) in [6.45, 7) is 5.92. The Hall–Kier alpha value is -2.19. The summed E-state index contributed by atoms with van der Waals surface area (Å²) < 4.78 is 0. The number of carbonyl (C=O) groups is 2. The molecule has 1 aromatic heterocycles.